The molecule has 2 aliphatic rings. The number of hydrogen-bond donors (Lipinski definition) is 1. The van der Waals surface area contributed by atoms with Gasteiger partial charge in [0.2, 0.25) is 41.4 Å². The van der Waals surface area contributed by atoms with Gasteiger partial charge in [-0.05, 0) is 101 Å². The fraction of sp³-hybridized carbons (Fsp3) is 0.361. The number of hydrogen-bond acceptors (Lipinski definition) is 11. The predicted octanol–water partition coefficient (Wildman–Crippen LogP) is 10.0. The number of carbonyl (C=O) groups excluding carboxylic acids is 8. The van der Waals surface area contributed by atoms with E-state index in [4.69, 9.17) is 0 Å². The highest BCUT2D eigenvalue weighted by atomic mass is 16.2. The molecule has 18 nitrogen and oxygen atoms in total. The van der Waals surface area contributed by atoms with E-state index in [0.29, 0.717) is 24.1 Å². The van der Waals surface area contributed by atoms with Crippen LogP contribution in [0, 0.1) is 0 Å². The van der Waals surface area contributed by atoms with E-state index < -0.39 is 111 Å². The first-order valence-corrected chi connectivity index (χ1v) is 31.0. The van der Waals surface area contributed by atoms with Crippen molar-refractivity contribution >= 4 is 47.1 Å². The number of nitrogens with one attached hydrogen (secondary N) is 1. The van der Waals surface area contributed by atoms with Crippen LogP contribution in [-0.2, 0) is 38.4 Å². The Balaban J connectivity index is 1.14. The molecule has 1 N–H and O–H groups in total. The normalized spacial score (nSPS) is 17.1. The first-order valence-electron chi connectivity index (χ1n) is 31.0. The summed E-state index contributed by atoms with van der Waals surface area (Å²) in [6.07, 6.45) is 2.56. The molecular weight excluding hydrogens is 1130 g/mol. The maximum atomic E-state index is 15.6. The summed E-state index contributed by atoms with van der Waals surface area (Å²) >= 11 is 0. The molecule has 1 unspecified atom stereocenters. The molecule has 2 heterocycles. The second-order valence-electron chi connectivity index (χ2n) is 23.4. The number of nitrogens with zero attached hydrogens (tertiary/aromatic N) is 9. The van der Waals surface area contributed by atoms with E-state index in [-0.39, 0.29) is 43.9 Å². The number of amides is 7. The average molecular weight is 1220 g/mol. The average Bonchev–Trinajstić information content (AvgIpc) is 1.39. The van der Waals surface area contributed by atoms with Crippen LogP contribution in [0.3, 0.4) is 0 Å². The number of Topliss-reactive ketones (excluding diaryl/α,β-unsaturated/α-hetero) is 1. The Morgan fingerprint density at radius 1 is 0.489 bits per heavy atom. The first kappa shape index (κ1) is 66.5. The minimum absolute atomic E-state index is 0.0335. The zero-order valence-electron chi connectivity index (χ0n) is 52.7. The van der Waals surface area contributed by atoms with Gasteiger partial charge >= 0.3 is 0 Å². The molecular formula is C72H84N10O8. The van der Waals surface area contributed by atoms with Crippen LogP contribution in [0.4, 0.5) is 0 Å². The Kier molecular flexibility index (Phi) is 23.8. The van der Waals surface area contributed by atoms with Crippen LogP contribution in [0.2, 0.25) is 0 Å². The third kappa shape index (κ3) is 17.9. The quantitative estimate of drug-likeness (QED) is 0.0688. The Morgan fingerprint density at radius 2 is 0.878 bits per heavy atom. The van der Waals surface area contributed by atoms with E-state index in [1.54, 1.807) is 0 Å². The monoisotopic (exact) mass is 1220 g/mol. The summed E-state index contributed by atoms with van der Waals surface area (Å²) < 4.78 is 0. The van der Waals surface area contributed by atoms with Crippen molar-refractivity contribution in [3.8, 4) is 0 Å². The third-order valence-corrected chi connectivity index (χ3v) is 17.2. The molecule has 0 saturated heterocycles. The van der Waals surface area contributed by atoms with Crippen LogP contribution < -0.4 is 5.32 Å². The molecule has 8 rings (SSSR count). The van der Waals surface area contributed by atoms with E-state index >= 15 is 24.0 Å². The highest BCUT2D eigenvalue weighted by molar-refractivity contribution is 5.94. The minimum atomic E-state index is -0.728. The molecule has 0 aromatic heterocycles. The van der Waals surface area contributed by atoms with Crippen LogP contribution in [0.15, 0.2) is 204 Å². The summed E-state index contributed by atoms with van der Waals surface area (Å²) in [4.78, 5) is 129. The van der Waals surface area contributed by atoms with Gasteiger partial charge in [0.25, 0.3) is 0 Å². The fourth-order valence-corrected chi connectivity index (χ4v) is 11.6. The van der Waals surface area contributed by atoms with Gasteiger partial charge in [-0.2, -0.15) is 10.2 Å². The van der Waals surface area contributed by atoms with Gasteiger partial charge in [0.05, 0.1) is 68.1 Å². The van der Waals surface area contributed by atoms with Gasteiger partial charge < -0.3 is 39.6 Å². The Hall–Kier alpha value is -9.42. The van der Waals surface area contributed by atoms with Gasteiger partial charge in [-0.15, -0.1) is 0 Å². The number of azo groups is 1. The second kappa shape index (κ2) is 32.2. The summed E-state index contributed by atoms with van der Waals surface area (Å²) in [7, 11) is 0. The molecule has 6 aromatic carbocycles. The lowest BCUT2D eigenvalue weighted by atomic mass is 10.0. The van der Waals surface area contributed by atoms with Crippen molar-refractivity contribution in [1.82, 2.24) is 39.6 Å². The van der Waals surface area contributed by atoms with Crippen LogP contribution in [0.1, 0.15) is 131 Å². The Labute approximate surface area is 529 Å². The summed E-state index contributed by atoms with van der Waals surface area (Å²) in [6, 6.07) is 52.1. The van der Waals surface area contributed by atoms with Gasteiger partial charge in [-0.1, -0.05) is 182 Å². The van der Waals surface area contributed by atoms with E-state index in [1.165, 1.54) is 41.2 Å². The molecule has 0 spiro atoms. The maximum absolute atomic E-state index is 15.6. The number of benzene rings is 6. The molecule has 18 heteroatoms. The van der Waals surface area contributed by atoms with Crippen LogP contribution in [0.25, 0.3) is 0 Å². The molecule has 90 heavy (non-hydrogen) atoms. The van der Waals surface area contributed by atoms with Crippen molar-refractivity contribution in [3.05, 3.63) is 227 Å². The van der Waals surface area contributed by atoms with E-state index in [1.807, 2.05) is 230 Å². The molecule has 6 aromatic rings. The van der Waals surface area contributed by atoms with E-state index in [0.717, 1.165) is 27.8 Å². The van der Waals surface area contributed by atoms with Crippen LogP contribution >= 0.6 is 0 Å². The molecule has 7 atom stereocenters. The molecule has 0 saturated carbocycles. The standard InChI is InChI=1S/C72H84N10O8/c1-51(83)43-78(53(3)59-29-16-9-17-30-59)70(88)48-82(57(7)63-37-24-13-25-38-63)72(90)50-80(55(5)61-33-20-11-21-34-61)68(86)45-76-40-26-39-64-41-65(75-74-64)44-77(66(84)42-73-52(2)58-27-14-8-15-28-58)46-69(87)81(56(6)62-35-22-12-23-36-62)49-71(89)79(47-67(76)85)54(4)60-31-18-10-19-32-60/h8-25,27-38,41,52-57,64,73H,26,39-40,42-50H2,1-7H3/t52-,53-,54-,55-,56-,57-,64?/m0/s1. The largest absolute Gasteiger partial charge is 0.332 e. The molecule has 0 radical (unpaired) electrons. The summed E-state index contributed by atoms with van der Waals surface area (Å²) in [5.41, 5.74) is 5.17. The number of fused-ring (bicyclic) bond motifs is 1. The van der Waals surface area contributed by atoms with Gasteiger partial charge in [-0.25, -0.2) is 0 Å². The Morgan fingerprint density at radius 3 is 1.32 bits per heavy atom. The molecule has 2 aliphatic heterocycles. The fourth-order valence-electron chi connectivity index (χ4n) is 11.6. The van der Waals surface area contributed by atoms with Crippen molar-refractivity contribution < 1.29 is 38.4 Å². The summed E-state index contributed by atoms with van der Waals surface area (Å²) in [5, 5.41) is 12.4. The first-order chi connectivity index (χ1) is 43.4. The van der Waals surface area contributed by atoms with Crippen LogP contribution in [-0.4, -0.2) is 153 Å². The SMILES string of the molecule is CC(=O)CN(C(=O)CN(C(=O)CN(C(=O)CN1CCCC2C=C(CN(C(=O)CN[C@@H](C)c3ccccc3)CC(=O)N([C@@H](C)c3ccccc3)CC(=O)N([C@@H](C)c3ccccc3)CC1=O)N=N2)[C@@H](C)c1ccccc1)[C@@H](C)c1ccccc1)[C@@H](C)c1ccccc1. The molecule has 7 amide bonds. The van der Waals surface area contributed by atoms with Crippen molar-refractivity contribution in [1.29, 1.82) is 0 Å². The van der Waals surface area contributed by atoms with Crippen LogP contribution in [0.5, 0.6) is 0 Å². The van der Waals surface area contributed by atoms with E-state index in [9.17, 15) is 14.4 Å². The maximum Gasteiger partial charge on any atom is 0.243 e. The number of ketones is 1. The predicted molar refractivity (Wildman–Crippen MR) is 346 cm³/mol. The van der Waals surface area contributed by atoms with E-state index in [2.05, 4.69) is 15.5 Å². The van der Waals surface area contributed by atoms with Crippen molar-refractivity contribution in [2.24, 2.45) is 10.2 Å². The zero-order chi connectivity index (χ0) is 64.3. The van der Waals surface area contributed by atoms with Crippen molar-refractivity contribution in [2.45, 2.75) is 104 Å². The number of carbonyl (C=O) groups is 8. The Bertz CT molecular complexity index is 3450. The molecule has 470 valence electrons. The lowest BCUT2D eigenvalue weighted by Gasteiger charge is -2.37. The number of rotatable bonds is 22. The lowest BCUT2D eigenvalue weighted by Crippen LogP contribution is -2.53. The second-order valence-corrected chi connectivity index (χ2v) is 23.4. The molecule has 0 aliphatic carbocycles. The zero-order valence-corrected chi connectivity index (χ0v) is 52.7. The molecule has 0 fully saturated rings. The van der Waals surface area contributed by atoms with Gasteiger partial charge in [-0.3, -0.25) is 38.4 Å². The van der Waals surface area contributed by atoms with Gasteiger partial charge in [0.15, 0.2) is 0 Å². The highest BCUT2D eigenvalue weighted by Crippen LogP contribution is 2.29. The smallest absolute Gasteiger partial charge is 0.243 e. The molecule has 2 bridgehead atoms. The summed E-state index contributed by atoms with van der Waals surface area (Å²) in [6.45, 7) is 9.38. The van der Waals surface area contributed by atoms with Gasteiger partial charge in [0.1, 0.15) is 38.5 Å². The van der Waals surface area contributed by atoms with Crippen molar-refractivity contribution in [2.75, 3.05) is 65.4 Å². The summed E-state index contributed by atoms with van der Waals surface area (Å²) in [5.74, 6) is -3.80. The van der Waals surface area contributed by atoms with Gasteiger partial charge in [0, 0.05) is 12.6 Å². The van der Waals surface area contributed by atoms with Crippen molar-refractivity contribution in [3.63, 3.8) is 0 Å². The third-order valence-electron chi connectivity index (χ3n) is 17.2. The minimum Gasteiger partial charge on any atom is -0.332 e. The lowest BCUT2D eigenvalue weighted by molar-refractivity contribution is -0.151. The topological polar surface area (TPSA) is 196 Å². The highest BCUT2D eigenvalue weighted by Gasteiger charge is 2.37.